The molecule has 0 aliphatic heterocycles. The third-order valence-corrected chi connectivity index (χ3v) is 1.81. The Hall–Kier alpha value is -1.58. The molecule has 1 aromatic heterocycles. The van der Waals surface area contributed by atoms with Crippen molar-refractivity contribution in [3.8, 4) is 0 Å². The predicted octanol–water partition coefficient (Wildman–Crippen LogP) is 0.913. The van der Waals surface area contributed by atoms with E-state index >= 15 is 0 Å². The van der Waals surface area contributed by atoms with Crippen LogP contribution < -0.4 is 5.43 Å². The van der Waals surface area contributed by atoms with Gasteiger partial charge in [0.2, 0.25) is 0 Å². The molecule has 62 valence electrons. The van der Waals surface area contributed by atoms with Crippen LogP contribution in [0.25, 0.3) is 11.0 Å². The van der Waals surface area contributed by atoms with Crippen molar-refractivity contribution in [3.05, 3.63) is 23.8 Å². The van der Waals surface area contributed by atoms with E-state index in [-0.39, 0.29) is 0 Å². The number of benzene rings is 1. The van der Waals surface area contributed by atoms with Crippen molar-refractivity contribution in [2.45, 2.75) is 6.92 Å². The molecule has 1 N–H and O–H groups in total. The highest BCUT2D eigenvalue weighted by Gasteiger charge is 2.01. The number of nitrogens with one attached hydrogen (secondary N) is 1. The fourth-order valence-corrected chi connectivity index (χ4v) is 1.20. The SMILES string of the molecule is CNn1nnc2cc(C)ccc21. The second-order valence-corrected chi connectivity index (χ2v) is 2.72. The minimum absolute atomic E-state index is 0.921. The number of aromatic nitrogens is 3. The molecule has 0 saturated heterocycles. The first-order valence-corrected chi connectivity index (χ1v) is 3.81. The summed E-state index contributed by atoms with van der Waals surface area (Å²) in [6.07, 6.45) is 0. The minimum atomic E-state index is 0.921. The van der Waals surface area contributed by atoms with Crippen LogP contribution in [0.1, 0.15) is 5.56 Å². The molecule has 0 bridgehead atoms. The van der Waals surface area contributed by atoms with Gasteiger partial charge < -0.3 is 5.43 Å². The van der Waals surface area contributed by atoms with Crippen molar-refractivity contribution in [3.63, 3.8) is 0 Å². The lowest BCUT2D eigenvalue weighted by Crippen LogP contribution is -2.09. The van der Waals surface area contributed by atoms with E-state index < -0.39 is 0 Å². The van der Waals surface area contributed by atoms with Crippen molar-refractivity contribution in [2.75, 3.05) is 12.5 Å². The normalized spacial score (nSPS) is 10.5. The average molecular weight is 162 g/mol. The molecule has 0 fully saturated rings. The topological polar surface area (TPSA) is 42.7 Å². The van der Waals surface area contributed by atoms with Gasteiger partial charge in [-0.1, -0.05) is 6.07 Å². The predicted molar refractivity (Wildman–Crippen MR) is 47.5 cm³/mol. The molecule has 4 nitrogen and oxygen atoms in total. The number of nitrogens with zero attached hydrogens (tertiary/aromatic N) is 3. The molecule has 0 aliphatic carbocycles. The van der Waals surface area contributed by atoms with E-state index in [1.54, 1.807) is 4.79 Å². The van der Waals surface area contributed by atoms with Crippen LogP contribution in [-0.2, 0) is 0 Å². The van der Waals surface area contributed by atoms with E-state index in [0.717, 1.165) is 11.0 Å². The molecule has 2 rings (SSSR count). The molecule has 0 unspecified atom stereocenters. The number of hydrogen-bond donors (Lipinski definition) is 1. The summed E-state index contributed by atoms with van der Waals surface area (Å²) in [5, 5.41) is 7.91. The smallest absolute Gasteiger partial charge is 0.115 e. The molecular weight excluding hydrogens is 152 g/mol. The molecular formula is C8H10N4. The van der Waals surface area contributed by atoms with Crippen LogP contribution in [0, 0.1) is 6.92 Å². The van der Waals surface area contributed by atoms with Gasteiger partial charge in [-0.15, -0.1) is 5.10 Å². The first kappa shape index (κ1) is 7.09. The zero-order valence-corrected chi connectivity index (χ0v) is 7.07. The molecule has 0 amide bonds. The van der Waals surface area contributed by atoms with E-state index in [1.165, 1.54) is 5.56 Å². The van der Waals surface area contributed by atoms with Crippen LogP contribution in [0.3, 0.4) is 0 Å². The summed E-state index contributed by atoms with van der Waals surface area (Å²) < 4.78 is 0. The molecule has 12 heavy (non-hydrogen) atoms. The Bertz CT molecular complexity index is 404. The van der Waals surface area contributed by atoms with Crippen molar-refractivity contribution in [1.82, 2.24) is 15.1 Å². The van der Waals surface area contributed by atoms with Gasteiger partial charge in [0.25, 0.3) is 0 Å². The number of hydrogen-bond acceptors (Lipinski definition) is 3. The largest absolute Gasteiger partial charge is 0.311 e. The monoisotopic (exact) mass is 162 g/mol. The Morgan fingerprint density at radius 1 is 1.42 bits per heavy atom. The lowest BCUT2D eigenvalue weighted by atomic mass is 10.2. The Balaban J connectivity index is 2.73. The maximum Gasteiger partial charge on any atom is 0.115 e. The summed E-state index contributed by atoms with van der Waals surface area (Å²) >= 11 is 0. The third kappa shape index (κ3) is 0.922. The second-order valence-electron chi connectivity index (χ2n) is 2.72. The van der Waals surface area contributed by atoms with Crippen LogP contribution in [-0.4, -0.2) is 22.2 Å². The van der Waals surface area contributed by atoms with E-state index in [9.17, 15) is 0 Å². The molecule has 4 heteroatoms. The van der Waals surface area contributed by atoms with E-state index in [0.29, 0.717) is 0 Å². The fraction of sp³-hybridized carbons (Fsp3) is 0.250. The number of rotatable bonds is 1. The summed E-state index contributed by atoms with van der Waals surface area (Å²) in [7, 11) is 1.81. The van der Waals surface area contributed by atoms with Crippen molar-refractivity contribution >= 4 is 11.0 Å². The molecule has 1 aromatic carbocycles. The molecule has 1 heterocycles. The average Bonchev–Trinajstić information content (AvgIpc) is 2.46. The molecule has 0 radical (unpaired) electrons. The highest BCUT2D eigenvalue weighted by Crippen LogP contribution is 2.10. The quantitative estimate of drug-likeness (QED) is 0.677. The Morgan fingerprint density at radius 3 is 3.00 bits per heavy atom. The molecule has 0 saturated carbocycles. The van der Waals surface area contributed by atoms with Gasteiger partial charge in [-0.05, 0) is 29.8 Å². The van der Waals surface area contributed by atoms with Gasteiger partial charge in [0, 0.05) is 7.05 Å². The van der Waals surface area contributed by atoms with E-state index in [1.807, 2.05) is 32.2 Å². The first-order chi connectivity index (χ1) is 5.81. The van der Waals surface area contributed by atoms with Crippen molar-refractivity contribution in [1.29, 1.82) is 0 Å². The summed E-state index contributed by atoms with van der Waals surface area (Å²) in [6.45, 7) is 2.04. The summed E-state index contributed by atoms with van der Waals surface area (Å²) in [5.74, 6) is 0. The van der Waals surface area contributed by atoms with Gasteiger partial charge in [0.05, 0.1) is 0 Å². The first-order valence-electron chi connectivity index (χ1n) is 3.81. The van der Waals surface area contributed by atoms with Gasteiger partial charge in [-0.2, -0.15) is 4.79 Å². The molecule has 0 spiro atoms. The van der Waals surface area contributed by atoms with Gasteiger partial charge in [-0.25, -0.2) is 0 Å². The Morgan fingerprint density at radius 2 is 2.25 bits per heavy atom. The number of aryl methyl sites for hydroxylation is 1. The van der Waals surface area contributed by atoms with Crippen molar-refractivity contribution in [2.24, 2.45) is 0 Å². The zero-order valence-electron chi connectivity index (χ0n) is 7.07. The minimum Gasteiger partial charge on any atom is -0.311 e. The van der Waals surface area contributed by atoms with Gasteiger partial charge >= 0.3 is 0 Å². The van der Waals surface area contributed by atoms with Crippen LogP contribution in [0.2, 0.25) is 0 Å². The zero-order chi connectivity index (χ0) is 8.55. The van der Waals surface area contributed by atoms with Crippen LogP contribution in [0.15, 0.2) is 18.2 Å². The summed E-state index contributed by atoms with van der Waals surface area (Å²) in [6, 6.07) is 6.05. The van der Waals surface area contributed by atoms with Gasteiger partial charge in [0.15, 0.2) is 0 Å². The van der Waals surface area contributed by atoms with E-state index in [4.69, 9.17) is 0 Å². The van der Waals surface area contributed by atoms with Gasteiger partial charge in [-0.3, -0.25) is 0 Å². The molecule has 0 atom stereocenters. The fourth-order valence-electron chi connectivity index (χ4n) is 1.20. The highest BCUT2D eigenvalue weighted by molar-refractivity contribution is 5.75. The Kier molecular flexibility index (Phi) is 1.46. The lowest BCUT2D eigenvalue weighted by molar-refractivity contribution is 0.749. The van der Waals surface area contributed by atoms with Crippen LogP contribution >= 0.6 is 0 Å². The summed E-state index contributed by atoms with van der Waals surface area (Å²) in [4.78, 5) is 1.65. The maximum atomic E-state index is 4.00. The standard InChI is InChI=1S/C8H10N4/c1-6-3-4-8-7(5-6)10-11-12(8)9-2/h3-5,9H,1-2H3. The lowest BCUT2D eigenvalue weighted by Gasteiger charge is -1.97. The number of fused-ring (bicyclic) bond motifs is 1. The molecule has 2 aromatic rings. The maximum absolute atomic E-state index is 4.00. The van der Waals surface area contributed by atoms with Gasteiger partial charge in [0.1, 0.15) is 11.0 Å². The highest BCUT2D eigenvalue weighted by atomic mass is 15.6. The van der Waals surface area contributed by atoms with Crippen molar-refractivity contribution < 1.29 is 0 Å². The van der Waals surface area contributed by atoms with Crippen LogP contribution in [0.4, 0.5) is 0 Å². The van der Waals surface area contributed by atoms with Crippen LogP contribution in [0.5, 0.6) is 0 Å². The summed E-state index contributed by atoms with van der Waals surface area (Å²) in [5.41, 5.74) is 6.04. The molecule has 0 aliphatic rings. The van der Waals surface area contributed by atoms with E-state index in [2.05, 4.69) is 15.7 Å². The second kappa shape index (κ2) is 2.48. The Labute approximate surface area is 70.2 Å². The third-order valence-electron chi connectivity index (χ3n) is 1.81.